The fourth-order valence-electron chi connectivity index (χ4n) is 4.96. The molecule has 2 aromatic rings. The summed E-state index contributed by atoms with van der Waals surface area (Å²) in [7, 11) is -4.37. The van der Waals surface area contributed by atoms with Crippen LogP contribution in [0.4, 0.5) is 0 Å². The minimum atomic E-state index is -2.97. The zero-order valence-electron chi connectivity index (χ0n) is 22.9. The average Bonchev–Trinajstić information content (AvgIpc) is 2.85. The van der Waals surface area contributed by atoms with Crippen LogP contribution in [0.3, 0.4) is 0 Å². The molecule has 1 heterocycles. The lowest BCUT2D eigenvalue weighted by molar-refractivity contribution is -0.335. The largest absolute Gasteiger partial charge is 0.405 e. The molecule has 206 valence electrons. The van der Waals surface area contributed by atoms with E-state index in [-0.39, 0.29) is 11.6 Å². The van der Waals surface area contributed by atoms with Gasteiger partial charge in [0.15, 0.2) is 6.29 Å². The molecule has 0 amide bonds. The summed E-state index contributed by atoms with van der Waals surface area (Å²) in [5.41, 5.74) is -2.12. The first-order chi connectivity index (χ1) is 17.3. The van der Waals surface area contributed by atoms with E-state index in [1.807, 2.05) is 36.4 Å². The Kier molecular flexibility index (Phi) is 9.59. The van der Waals surface area contributed by atoms with Crippen molar-refractivity contribution < 1.29 is 34.3 Å². The molecular formula is C28H44O7Si2. The number of aliphatic hydroxyl groups excluding tert-OH is 3. The van der Waals surface area contributed by atoms with Crippen molar-refractivity contribution in [2.24, 2.45) is 0 Å². The number of hydrogen-bond donors (Lipinski definition) is 4. The molecule has 0 saturated carbocycles. The standard InChI is InChI=1S/C28H44O7Si2/c1-27(2,3)37(21-13-9-7-10-14-21,22-15-11-8-12-16-22)34-19-23-28(32,20-29)25(31)24(30)26(35-23)33-17-18-36(4,5)6/h7-16,23-26,29-32H,17-20H2,1-6H3/t23-,24-,25-,26-,28+/m1/s1. The van der Waals surface area contributed by atoms with E-state index in [2.05, 4.69) is 64.7 Å². The maximum Gasteiger partial charge on any atom is 0.261 e. The maximum atomic E-state index is 11.3. The predicted molar refractivity (Wildman–Crippen MR) is 150 cm³/mol. The van der Waals surface area contributed by atoms with Gasteiger partial charge in [0.25, 0.3) is 8.32 Å². The van der Waals surface area contributed by atoms with E-state index in [1.54, 1.807) is 0 Å². The van der Waals surface area contributed by atoms with Gasteiger partial charge in [-0.2, -0.15) is 0 Å². The molecule has 0 unspecified atom stereocenters. The minimum Gasteiger partial charge on any atom is -0.405 e. The van der Waals surface area contributed by atoms with Crippen molar-refractivity contribution >= 4 is 26.8 Å². The van der Waals surface area contributed by atoms with Crippen LogP contribution in [-0.4, -0.2) is 86.8 Å². The first-order valence-electron chi connectivity index (χ1n) is 13.0. The molecule has 0 aromatic heterocycles. The molecule has 0 radical (unpaired) electrons. The molecule has 2 aromatic carbocycles. The third-order valence-corrected chi connectivity index (χ3v) is 13.9. The van der Waals surface area contributed by atoms with Gasteiger partial charge in [0.1, 0.15) is 23.9 Å². The van der Waals surface area contributed by atoms with Crippen LogP contribution in [0.15, 0.2) is 60.7 Å². The molecule has 1 aliphatic heterocycles. The topological polar surface area (TPSA) is 109 Å². The molecule has 0 bridgehead atoms. The number of benzene rings is 2. The molecule has 3 rings (SSSR count). The summed E-state index contributed by atoms with van der Waals surface area (Å²) in [6.07, 6.45) is -5.46. The van der Waals surface area contributed by atoms with E-state index >= 15 is 0 Å². The Balaban J connectivity index is 1.97. The molecule has 9 heteroatoms. The van der Waals surface area contributed by atoms with Gasteiger partial charge in [0.2, 0.25) is 0 Å². The second-order valence-corrected chi connectivity index (χ2v) is 22.2. The quantitative estimate of drug-likeness (QED) is 0.337. The van der Waals surface area contributed by atoms with Crippen molar-refractivity contribution in [1.29, 1.82) is 0 Å². The van der Waals surface area contributed by atoms with E-state index in [9.17, 15) is 20.4 Å². The van der Waals surface area contributed by atoms with E-state index in [0.29, 0.717) is 6.61 Å². The van der Waals surface area contributed by atoms with Crippen LogP contribution in [0.1, 0.15) is 20.8 Å². The summed E-state index contributed by atoms with van der Waals surface area (Å²) in [5.74, 6) is 0. The highest BCUT2D eigenvalue weighted by atomic mass is 28.4. The Morgan fingerprint density at radius 3 is 1.86 bits per heavy atom. The Labute approximate surface area is 223 Å². The molecule has 0 spiro atoms. The fourth-order valence-corrected chi connectivity index (χ4v) is 10.2. The number of aliphatic hydroxyl groups is 4. The summed E-state index contributed by atoms with van der Waals surface area (Å²) >= 11 is 0. The lowest BCUT2D eigenvalue weighted by Gasteiger charge is -2.49. The number of rotatable bonds is 10. The van der Waals surface area contributed by atoms with E-state index in [1.165, 1.54) is 0 Å². The molecule has 5 atom stereocenters. The van der Waals surface area contributed by atoms with Crippen LogP contribution in [0.5, 0.6) is 0 Å². The van der Waals surface area contributed by atoms with Gasteiger partial charge in [-0.1, -0.05) is 101 Å². The molecule has 7 nitrogen and oxygen atoms in total. The summed E-state index contributed by atoms with van der Waals surface area (Å²) in [6, 6.07) is 21.0. The van der Waals surface area contributed by atoms with Gasteiger partial charge < -0.3 is 34.3 Å². The summed E-state index contributed by atoms with van der Waals surface area (Å²) in [4.78, 5) is 0. The molecule has 4 N–H and O–H groups in total. The van der Waals surface area contributed by atoms with Crippen molar-refractivity contribution in [3.05, 3.63) is 60.7 Å². The SMILES string of the molecule is CC(C)(C)[Si](OC[C@H]1O[C@@H](OCC[Si](C)(C)C)[C@H](O)[C@@H](O)[C@]1(O)CO)(c1ccccc1)c1ccccc1. The third-order valence-electron chi connectivity index (χ3n) is 7.23. The van der Waals surface area contributed by atoms with Gasteiger partial charge in [-0.05, 0) is 21.5 Å². The van der Waals surface area contributed by atoms with Crippen molar-refractivity contribution in [1.82, 2.24) is 0 Å². The second kappa shape index (κ2) is 11.8. The smallest absolute Gasteiger partial charge is 0.261 e. The van der Waals surface area contributed by atoms with Crippen LogP contribution in [-0.2, 0) is 13.9 Å². The van der Waals surface area contributed by atoms with E-state index in [4.69, 9.17) is 13.9 Å². The van der Waals surface area contributed by atoms with Crippen LogP contribution >= 0.6 is 0 Å². The average molecular weight is 549 g/mol. The van der Waals surface area contributed by atoms with Crippen molar-refractivity contribution in [2.45, 2.75) is 81.7 Å². The monoisotopic (exact) mass is 548 g/mol. The van der Waals surface area contributed by atoms with E-state index < -0.39 is 53.2 Å². The van der Waals surface area contributed by atoms with Gasteiger partial charge >= 0.3 is 0 Å². The Morgan fingerprint density at radius 2 is 1.43 bits per heavy atom. The summed E-state index contributed by atoms with van der Waals surface area (Å²) in [6.45, 7) is 12.5. The lowest BCUT2D eigenvalue weighted by atomic mass is 9.85. The number of hydrogen-bond acceptors (Lipinski definition) is 7. The van der Waals surface area contributed by atoms with Crippen LogP contribution in [0.25, 0.3) is 0 Å². The van der Waals surface area contributed by atoms with Crippen molar-refractivity contribution in [3.63, 3.8) is 0 Å². The minimum absolute atomic E-state index is 0.109. The summed E-state index contributed by atoms with van der Waals surface area (Å²) in [5, 5.41) is 44.8. The van der Waals surface area contributed by atoms with Crippen molar-refractivity contribution in [3.8, 4) is 0 Å². The fraction of sp³-hybridized carbons (Fsp3) is 0.571. The highest BCUT2D eigenvalue weighted by Crippen LogP contribution is 2.38. The van der Waals surface area contributed by atoms with Gasteiger partial charge in [-0.15, -0.1) is 0 Å². The maximum absolute atomic E-state index is 11.3. The molecular weight excluding hydrogens is 504 g/mol. The first kappa shape index (κ1) is 30.1. The molecule has 37 heavy (non-hydrogen) atoms. The Bertz CT molecular complexity index is 938. The molecule has 1 aliphatic rings. The Hall–Kier alpha value is -1.41. The van der Waals surface area contributed by atoms with Gasteiger partial charge in [0, 0.05) is 14.7 Å². The molecule has 1 saturated heterocycles. The predicted octanol–water partition coefficient (Wildman–Crippen LogP) is 2.09. The lowest BCUT2D eigenvalue weighted by Crippen LogP contribution is -2.71. The zero-order chi connectivity index (χ0) is 27.5. The Morgan fingerprint density at radius 1 is 0.919 bits per heavy atom. The van der Waals surface area contributed by atoms with Gasteiger partial charge in [0.05, 0.1) is 13.2 Å². The normalized spacial score (nSPS) is 27.3. The van der Waals surface area contributed by atoms with Gasteiger partial charge in [-0.3, -0.25) is 0 Å². The zero-order valence-corrected chi connectivity index (χ0v) is 24.9. The highest BCUT2D eigenvalue weighted by molar-refractivity contribution is 6.99. The first-order valence-corrected chi connectivity index (χ1v) is 18.6. The highest BCUT2D eigenvalue weighted by Gasteiger charge is 2.57. The third kappa shape index (κ3) is 6.43. The molecule has 0 aliphatic carbocycles. The van der Waals surface area contributed by atoms with Gasteiger partial charge in [-0.25, -0.2) is 0 Å². The summed E-state index contributed by atoms with van der Waals surface area (Å²) < 4.78 is 18.8. The van der Waals surface area contributed by atoms with Crippen LogP contribution in [0.2, 0.25) is 30.7 Å². The second-order valence-electron chi connectivity index (χ2n) is 12.2. The molecule has 1 fully saturated rings. The van der Waals surface area contributed by atoms with Crippen LogP contribution < -0.4 is 10.4 Å². The van der Waals surface area contributed by atoms with E-state index in [0.717, 1.165) is 16.4 Å². The van der Waals surface area contributed by atoms with Crippen molar-refractivity contribution in [2.75, 3.05) is 19.8 Å². The van der Waals surface area contributed by atoms with Crippen LogP contribution in [0, 0.1) is 0 Å². The number of ether oxygens (including phenoxy) is 2.